The molecule has 5 heteroatoms. The molecule has 0 heterocycles. The normalized spacial score (nSPS) is 13.1. The lowest BCUT2D eigenvalue weighted by Gasteiger charge is -2.18. The van der Waals surface area contributed by atoms with Crippen molar-refractivity contribution in [3.8, 4) is 0 Å². The van der Waals surface area contributed by atoms with Gasteiger partial charge in [0.25, 0.3) is 0 Å². The minimum Gasteiger partial charge on any atom is -0.462 e. The summed E-state index contributed by atoms with van der Waals surface area (Å²) < 4.78 is 17.3. The highest BCUT2D eigenvalue weighted by Gasteiger charge is 2.17. The summed E-state index contributed by atoms with van der Waals surface area (Å²) in [5, 5.41) is 0. The molecule has 0 aromatic heterocycles. The molecule has 352 valence electrons. The number of esters is 2. The monoisotopic (exact) mass is 859 g/mol. The molecular weight excluding hydrogens is 765 g/mol. The van der Waals surface area contributed by atoms with Crippen molar-refractivity contribution in [3.05, 3.63) is 109 Å². The first kappa shape index (κ1) is 58.6. The predicted molar refractivity (Wildman–Crippen MR) is 269 cm³/mol. The molecule has 0 rings (SSSR count). The van der Waals surface area contributed by atoms with Gasteiger partial charge < -0.3 is 14.2 Å². The minimum atomic E-state index is -0.574. The molecule has 0 fully saturated rings. The Morgan fingerprint density at radius 1 is 0.371 bits per heavy atom. The van der Waals surface area contributed by atoms with Crippen LogP contribution in [-0.2, 0) is 23.8 Å². The SMILES string of the molecule is CC/C=C\C/C=C\C/C=C\C/C=C\CCCCC(=O)OCC(COCCCCCCCC/C=C\C/C=C\C/C=C\CC)OC(=O)CCCCCCC/C=C\C/C=C\CCCCC. The molecule has 1 atom stereocenters. The first-order chi connectivity index (χ1) is 30.6. The number of carbonyl (C=O) groups is 2. The van der Waals surface area contributed by atoms with E-state index in [1.165, 1.54) is 64.2 Å². The molecule has 0 aromatic rings. The lowest BCUT2D eigenvalue weighted by atomic mass is 10.1. The van der Waals surface area contributed by atoms with Crippen LogP contribution in [0.3, 0.4) is 0 Å². The molecule has 0 saturated heterocycles. The fourth-order valence-corrected chi connectivity index (χ4v) is 6.54. The molecule has 1 unspecified atom stereocenters. The average Bonchev–Trinajstić information content (AvgIpc) is 3.27. The summed E-state index contributed by atoms with van der Waals surface area (Å²) in [6, 6.07) is 0. The molecule has 0 aliphatic heterocycles. The zero-order valence-corrected chi connectivity index (χ0v) is 40.3. The molecule has 0 aliphatic rings. The Bertz CT molecular complexity index is 1250. The molecule has 0 bridgehead atoms. The average molecular weight is 859 g/mol. The summed E-state index contributed by atoms with van der Waals surface area (Å²) in [6.45, 7) is 7.48. The molecule has 0 radical (unpaired) electrons. The van der Waals surface area contributed by atoms with Crippen molar-refractivity contribution in [2.45, 2.75) is 219 Å². The van der Waals surface area contributed by atoms with E-state index in [4.69, 9.17) is 14.2 Å². The number of hydrogen-bond donors (Lipinski definition) is 0. The number of ether oxygens (including phenoxy) is 3. The van der Waals surface area contributed by atoms with E-state index in [-0.39, 0.29) is 25.2 Å². The molecule has 62 heavy (non-hydrogen) atoms. The summed E-state index contributed by atoms with van der Waals surface area (Å²) in [5.41, 5.74) is 0. The van der Waals surface area contributed by atoms with Gasteiger partial charge in [-0.15, -0.1) is 0 Å². The topological polar surface area (TPSA) is 61.8 Å². The Morgan fingerprint density at radius 3 is 1.19 bits per heavy atom. The van der Waals surface area contributed by atoms with Crippen molar-refractivity contribution >= 4 is 11.9 Å². The second-order valence-corrected chi connectivity index (χ2v) is 16.3. The second kappa shape index (κ2) is 51.9. The molecule has 0 aliphatic carbocycles. The standard InChI is InChI=1S/C57H94O5/c1-4-7-10-13-16-19-22-25-28-31-34-37-40-43-46-49-52-60-53-55(62-57(59)51-48-45-42-39-36-33-30-27-24-21-18-15-12-9-6-3)54-61-56(58)50-47-44-41-38-35-32-29-26-23-20-17-14-11-8-5-2/h7-8,10-11,16-21,25-30,35,38,55H,4-6,9,12-15,22-24,31-34,36-37,39-54H2,1-3H3/b10-7-,11-8-,19-16-,20-17-,21-18-,28-25-,29-26-,30-27-,38-35-. The van der Waals surface area contributed by atoms with Crippen LogP contribution in [0.5, 0.6) is 0 Å². The van der Waals surface area contributed by atoms with Gasteiger partial charge in [-0.05, 0) is 122 Å². The summed E-state index contributed by atoms with van der Waals surface area (Å²) >= 11 is 0. The fraction of sp³-hybridized carbons (Fsp3) is 0.649. The zero-order valence-electron chi connectivity index (χ0n) is 40.3. The number of carbonyl (C=O) groups excluding carboxylic acids is 2. The molecule has 0 N–H and O–H groups in total. The Balaban J connectivity index is 4.41. The highest BCUT2D eigenvalue weighted by atomic mass is 16.6. The lowest BCUT2D eigenvalue weighted by molar-refractivity contribution is -0.163. The molecule has 0 aromatic carbocycles. The van der Waals surface area contributed by atoms with Crippen LogP contribution in [0.15, 0.2) is 109 Å². The van der Waals surface area contributed by atoms with E-state index < -0.39 is 6.10 Å². The van der Waals surface area contributed by atoms with Gasteiger partial charge in [-0.3, -0.25) is 9.59 Å². The molecular formula is C57H94O5. The van der Waals surface area contributed by atoms with Crippen LogP contribution in [0, 0.1) is 0 Å². The van der Waals surface area contributed by atoms with Gasteiger partial charge in [0.15, 0.2) is 6.10 Å². The maximum absolute atomic E-state index is 12.8. The Kier molecular flexibility index (Phi) is 49.0. The van der Waals surface area contributed by atoms with Gasteiger partial charge in [-0.25, -0.2) is 0 Å². The van der Waals surface area contributed by atoms with E-state index in [2.05, 4.69) is 130 Å². The third-order valence-corrected chi connectivity index (χ3v) is 10.3. The van der Waals surface area contributed by atoms with Gasteiger partial charge in [0.1, 0.15) is 6.61 Å². The third-order valence-electron chi connectivity index (χ3n) is 10.3. The largest absolute Gasteiger partial charge is 0.462 e. The van der Waals surface area contributed by atoms with Crippen LogP contribution >= 0.6 is 0 Å². The quantitative estimate of drug-likeness (QED) is 0.0347. The number of unbranched alkanes of at least 4 members (excludes halogenated alkanes) is 16. The van der Waals surface area contributed by atoms with Gasteiger partial charge in [0, 0.05) is 19.4 Å². The van der Waals surface area contributed by atoms with Crippen LogP contribution in [0.2, 0.25) is 0 Å². The van der Waals surface area contributed by atoms with Crippen LogP contribution < -0.4 is 0 Å². The lowest BCUT2D eigenvalue weighted by Crippen LogP contribution is -2.30. The fourth-order valence-electron chi connectivity index (χ4n) is 6.54. The van der Waals surface area contributed by atoms with E-state index in [9.17, 15) is 9.59 Å². The maximum atomic E-state index is 12.8. The van der Waals surface area contributed by atoms with Crippen molar-refractivity contribution in [1.29, 1.82) is 0 Å². The molecule has 0 saturated carbocycles. The third kappa shape index (κ3) is 49.2. The van der Waals surface area contributed by atoms with Crippen LogP contribution in [0.4, 0.5) is 0 Å². The van der Waals surface area contributed by atoms with Crippen molar-refractivity contribution < 1.29 is 23.8 Å². The zero-order chi connectivity index (χ0) is 44.9. The van der Waals surface area contributed by atoms with Gasteiger partial charge in [-0.2, -0.15) is 0 Å². The van der Waals surface area contributed by atoms with E-state index in [0.29, 0.717) is 19.4 Å². The van der Waals surface area contributed by atoms with Crippen molar-refractivity contribution in [1.82, 2.24) is 0 Å². The Labute approximate surface area is 383 Å². The minimum absolute atomic E-state index is 0.0463. The summed E-state index contributed by atoms with van der Waals surface area (Å²) in [5.74, 6) is -0.475. The van der Waals surface area contributed by atoms with Gasteiger partial charge in [-0.1, -0.05) is 188 Å². The number of allylic oxidation sites excluding steroid dienone is 18. The van der Waals surface area contributed by atoms with Crippen molar-refractivity contribution in [3.63, 3.8) is 0 Å². The molecule has 0 amide bonds. The van der Waals surface area contributed by atoms with Gasteiger partial charge in [0.05, 0.1) is 6.61 Å². The first-order valence-corrected chi connectivity index (χ1v) is 25.4. The van der Waals surface area contributed by atoms with E-state index >= 15 is 0 Å². The van der Waals surface area contributed by atoms with Crippen LogP contribution in [0.1, 0.15) is 213 Å². The van der Waals surface area contributed by atoms with Gasteiger partial charge >= 0.3 is 11.9 Å². The van der Waals surface area contributed by atoms with Crippen LogP contribution in [-0.4, -0.2) is 37.9 Å². The van der Waals surface area contributed by atoms with Crippen molar-refractivity contribution in [2.24, 2.45) is 0 Å². The smallest absolute Gasteiger partial charge is 0.306 e. The van der Waals surface area contributed by atoms with Crippen molar-refractivity contribution in [2.75, 3.05) is 19.8 Å². The highest BCUT2D eigenvalue weighted by molar-refractivity contribution is 5.70. The molecule has 5 nitrogen and oxygen atoms in total. The number of rotatable bonds is 45. The summed E-state index contributed by atoms with van der Waals surface area (Å²) in [4.78, 5) is 25.4. The second-order valence-electron chi connectivity index (χ2n) is 16.3. The Hall–Kier alpha value is -3.44. The maximum Gasteiger partial charge on any atom is 0.306 e. The predicted octanol–water partition coefficient (Wildman–Crippen LogP) is 17.2. The Morgan fingerprint density at radius 2 is 0.726 bits per heavy atom. The molecule has 0 spiro atoms. The van der Waals surface area contributed by atoms with E-state index in [0.717, 1.165) is 116 Å². The highest BCUT2D eigenvalue weighted by Crippen LogP contribution is 2.12. The van der Waals surface area contributed by atoms with E-state index in [1.54, 1.807) is 0 Å². The van der Waals surface area contributed by atoms with E-state index in [1.807, 2.05) is 0 Å². The summed E-state index contributed by atoms with van der Waals surface area (Å²) in [6.07, 6.45) is 70.9. The van der Waals surface area contributed by atoms with Gasteiger partial charge in [0.2, 0.25) is 0 Å². The first-order valence-electron chi connectivity index (χ1n) is 25.4. The van der Waals surface area contributed by atoms with Crippen LogP contribution in [0.25, 0.3) is 0 Å². The summed E-state index contributed by atoms with van der Waals surface area (Å²) in [7, 11) is 0. The number of hydrogen-bond acceptors (Lipinski definition) is 5.